The number of benzene rings is 1. The topological polar surface area (TPSA) is 21.3 Å². The maximum Gasteiger partial charge on any atom is 0.0566 e. The highest BCUT2D eigenvalue weighted by Crippen LogP contribution is 2.21. The van der Waals surface area contributed by atoms with Gasteiger partial charge in [-0.25, -0.2) is 0 Å². The minimum Gasteiger partial charge on any atom is -0.382 e. The van der Waals surface area contributed by atoms with Crippen LogP contribution in [0.3, 0.4) is 0 Å². The summed E-state index contributed by atoms with van der Waals surface area (Å²) in [6.45, 7) is 7.48. The molecule has 0 spiro atoms. The quantitative estimate of drug-likeness (QED) is 0.857. The van der Waals surface area contributed by atoms with Crippen molar-refractivity contribution in [1.82, 2.24) is 0 Å². The van der Waals surface area contributed by atoms with Gasteiger partial charge in [0.2, 0.25) is 0 Å². The molecule has 1 N–H and O–H groups in total. The van der Waals surface area contributed by atoms with Crippen molar-refractivity contribution in [3.05, 3.63) is 29.8 Å². The van der Waals surface area contributed by atoms with Crippen LogP contribution >= 0.6 is 0 Å². The second-order valence-electron chi connectivity index (χ2n) is 5.32. The SMILES string of the molecule is CC1CC(Nc2ccc(C(C)C)cc2)CCO1. The Bertz CT molecular complexity index is 344. The average molecular weight is 233 g/mol. The Labute approximate surface area is 104 Å². The van der Waals surface area contributed by atoms with Gasteiger partial charge in [-0.15, -0.1) is 0 Å². The molecule has 0 bridgehead atoms. The fourth-order valence-corrected chi connectivity index (χ4v) is 2.33. The molecule has 0 aliphatic carbocycles. The molecule has 2 rings (SSSR count). The van der Waals surface area contributed by atoms with Gasteiger partial charge in [0.15, 0.2) is 0 Å². The predicted octanol–water partition coefficient (Wildman–Crippen LogP) is 3.79. The summed E-state index contributed by atoms with van der Waals surface area (Å²) in [5.41, 5.74) is 2.63. The summed E-state index contributed by atoms with van der Waals surface area (Å²) in [6, 6.07) is 9.37. The number of nitrogens with one attached hydrogen (secondary N) is 1. The van der Waals surface area contributed by atoms with Crippen LogP contribution in [0.4, 0.5) is 5.69 Å². The fraction of sp³-hybridized carbons (Fsp3) is 0.600. The lowest BCUT2D eigenvalue weighted by Gasteiger charge is -2.28. The van der Waals surface area contributed by atoms with Crippen LogP contribution in [-0.2, 0) is 4.74 Å². The van der Waals surface area contributed by atoms with Crippen LogP contribution in [-0.4, -0.2) is 18.8 Å². The summed E-state index contributed by atoms with van der Waals surface area (Å²) in [5.74, 6) is 0.604. The smallest absolute Gasteiger partial charge is 0.0566 e. The van der Waals surface area contributed by atoms with Crippen molar-refractivity contribution < 1.29 is 4.74 Å². The molecule has 2 heteroatoms. The molecular weight excluding hydrogens is 210 g/mol. The summed E-state index contributed by atoms with van der Waals surface area (Å²) in [6.07, 6.45) is 2.60. The number of hydrogen-bond acceptors (Lipinski definition) is 2. The van der Waals surface area contributed by atoms with Crippen molar-refractivity contribution in [2.24, 2.45) is 0 Å². The molecular formula is C15H23NO. The van der Waals surface area contributed by atoms with Gasteiger partial charge in [-0.1, -0.05) is 26.0 Å². The lowest BCUT2D eigenvalue weighted by molar-refractivity contribution is 0.0232. The minimum absolute atomic E-state index is 0.385. The summed E-state index contributed by atoms with van der Waals surface area (Å²) < 4.78 is 5.56. The van der Waals surface area contributed by atoms with E-state index in [4.69, 9.17) is 4.74 Å². The Kier molecular flexibility index (Phi) is 4.06. The Morgan fingerprint density at radius 1 is 1.24 bits per heavy atom. The highest BCUT2D eigenvalue weighted by atomic mass is 16.5. The molecule has 0 amide bonds. The van der Waals surface area contributed by atoms with Crippen LogP contribution in [0.1, 0.15) is 45.1 Å². The van der Waals surface area contributed by atoms with Crippen molar-refractivity contribution in [3.63, 3.8) is 0 Å². The average Bonchev–Trinajstić information content (AvgIpc) is 2.29. The van der Waals surface area contributed by atoms with Crippen LogP contribution in [0, 0.1) is 0 Å². The van der Waals surface area contributed by atoms with Crippen LogP contribution in [0.2, 0.25) is 0 Å². The first-order valence-electron chi connectivity index (χ1n) is 6.63. The van der Waals surface area contributed by atoms with Gasteiger partial charge < -0.3 is 10.1 Å². The van der Waals surface area contributed by atoms with E-state index in [0.29, 0.717) is 18.1 Å². The Morgan fingerprint density at radius 3 is 2.53 bits per heavy atom. The van der Waals surface area contributed by atoms with E-state index in [1.807, 2.05) is 0 Å². The molecule has 1 aromatic carbocycles. The zero-order chi connectivity index (χ0) is 12.3. The minimum atomic E-state index is 0.385. The van der Waals surface area contributed by atoms with Gasteiger partial charge in [-0.05, 0) is 43.4 Å². The lowest BCUT2D eigenvalue weighted by Crippen LogP contribution is -2.32. The van der Waals surface area contributed by atoms with Crippen molar-refractivity contribution in [2.75, 3.05) is 11.9 Å². The molecule has 1 aliphatic heterocycles. The predicted molar refractivity (Wildman–Crippen MR) is 72.6 cm³/mol. The fourth-order valence-electron chi connectivity index (χ4n) is 2.33. The second kappa shape index (κ2) is 5.54. The molecule has 2 unspecified atom stereocenters. The van der Waals surface area contributed by atoms with Crippen LogP contribution in [0.25, 0.3) is 0 Å². The summed E-state index contributed by atoms with van der Waals surface area (Å²) in [5, 5.41) is 3.60. The first-order valence-corrected chi connectivity index (χ1v) is 6.63. The zero-order valence-electron chi connectivity index (χ0n) is 11.1. The number of anilines is 1. The highest BCUT2D eigenvalue weighted by Gasteiger charge is 2.18. The van der Waals surface area contributed by atoms with Gasteiger partial charge in [-0.3, -0.25) is 0 Å². The van der Waals surface area contributed by atoms with Crippen LogP contribution in [0.15, 0.2) is 24.3 Å². The van der Waals surface area contributed by atoms with E-state index in [9.17, 15) is 0 Å². The van der Waals surface area contributed by atoms with E-state index < -0.39 is 0 Å². The van der Waals surface area contributed by atoms with Gasteiger partial charge in [0.1, 0.15) is 0 Å². The molecule has 1 heterocycles. The number of hydrogen-bond donors (Lipinski definition) is 1. The molecule has 94 valence electrons. The maximum atomic E-state index is 5.56. The third-order valence-electron chi connectivity index (χ3n) is 3.43. The molecule has 1 fully saturated rings. The first-order chi connectivity index (χ1) is 8.15. The summed E-state index contributed by atoms with van der Waals surface area (Å²) in [4.78, 5) is 0. The van der Waals surface area contributed by atoms with E-state index in [1.165, 1.54) is 11.3 Å². The maximum absolute atomic E-state index is 5.56. The normalized spacial score (nSPS) is 24.9. The first kappa shape index (κ1) is 12.4. The second-order valence-corrected chi connectivity index (χ2v) is 5.32. The molecule has 0 radical (unpaired) electrons. The van der Waals surface area contributed by atoms with Gasteiger partial charge >= 0.3 is 0 Å². The third-order valence-corrected chi connectivity index (χ3v) is 3.43. The highest BCUT2D eigenvalue weighted by molar-refractivity contribution is 5.46. The third kappa shape index (κ3) is 3.47. The molecule has 2 atom stereocenters. The van der Waals surface area contributed by atoms with Gasteiger partial charge in [0.25, 0.3) is 0 Å². The van der Waals surface area contributed by atoms with Gasteiger partial charge in [0, 0.05) is 18.3 Å². The van der Waals surface area contributed by atoms with Crippen molar-refractivity contribution >= 4 is 5.69 Å². The van der Waals surface area contributed by atoms with Crippen molar-refractivity contribution in [3.8, 4) is 0 Å². The Hall–Kier alpha value is -1.02. The standard InChI is InChI=1S/C15H23NO/c1-11(2)13-4-6-14(7-5-13)16-15-8-9-17-12(3)10-15/h4-7,11-12,15-16H,8-10H2,1-3H3. The Morgan fingerprint density at radius 2 is 1.94 bits per heavy atom. The molecule has 17 heavy (non-hydrogen) atoms. The summed E-state index contributed by atoms with van der Waals surface area (Å²) >= 11 is 0. The summed E-state index contributed by atoms with van der Waals surface area (Å²) in [7, 11) is 0. The van der Waals surface area contributed by atoms with Crippen molar-refractivity contribution in [1.29, 1.82) is 0 Å². The molecule has 1 saturated heterocycles. The monoisotopic (exact) mass is 233 g/mol. The number of rotatable bonds is 3. The van der Waals surface area contributed by atoms with Crippen molar-refractivity contribution in [2.45, 2.75) is 51.7 Å². The van der Waals surface area contributed by atoms with Crippen LogP contribution in [0.5, 0.6) is 0 Å². The van der Waals surface area contributed by atoms with E-state index in [1.54, 1.807) is 0 Å². The van der Waals surface area contributed by atoms with E-state index >= 15 is 0 Å². The molecule has 1 aliphatic rings. The van der Waals surface area contributed by atoms with Gasteiger partial charge in [0.05, 0.1) is 6.10 Å². The number of ether oxygens (including phenoxy) is 1. The molecule has 2 nitrogen and oxygen atoms in total. The molecule has 0 aromatic heterocycles. The zero-order valence-corrected chi connectivity index (χ0v) is 11.1. The van der Waals surface area contributed by atoms with E-state index in [-0.39, 0.29) is 0 Å². The molecule has 1 aromatic rings. The van der Waals surface area contributed by atoms with E-state index in [2.05, 4.69) is 50.4 Å². The Balaban J connectivity index is 1.94. The van der Waals surface area contributed by atoms with Crippen LogP contribution < -0.4 is 5.32 Å². The van der Waals surface area contributed by atoms with Gasteiger partial charge in [-0.2, -0.15) is 0 Å². The largest absolute Gasteiger partial charge is 0.382 e. The lowest BCUT2D eigenvalue weighted by atomic mass is 10.0. The van der Waals surface area contributed by atoms with E-state index in [0.717, 1.165) is 19.4 Å². The molecule has 0 saturated carbocycles.